The zero-order valence-corrected chi connectivity index (χ0v) is 10.9. The van der Waals surface area contributed by atoms with Gasteiger partial charge in [0.2, 0.25) is 0 Å². The number of methoxy groups -OCH3 is 1. The number of hydrogen-bond donors (Lipinski definition) is 1. The maximum atomic E-state index is 13.0. The number of halogens is 3. The minimum atomic E-state index is -1.45. The molecule has 0 aliphatic carbocycles. The molecule has 0 radical (unpaired) electrons. The summed E-state index contributed by atoms with van der Waals surface area (Å²) in [7, 11) is 1.59. The molecule has 1 N–H and O–H groups in total. The summed E-state index contributed by atoms with van der Waals surface area (Å²) in [6, 6.07) is 9.37. The zero-order valence-electron chi connectivity index (χ0n) is 10.9. The van der Waals surface area contributed by atoms with Gasteiger partial charge in [-0.2, -0.15) is 0 Å². The Morgan fingerprint density at radius 3 is 2.15 bits per heavy atom. The van der Waals surface area contributed by atoms with E-state index in [4.69, 9.17) is 4.74 Å². The quantitative estimate of drug-likeness (QED) is 0.842. The van der Waals surface area contributed by atoms with Gasteiger partial charge in [-0.15, -0.1) is 0 Å². The average molecular weight is 281 g/mol. The van der Waals surface area contributed by atoms with Crippen molar-refractivity contribution >= 4 is 5.69 Å². The van der Waals surface area contributed by atoms with Crippen molar-refractivity contribution in [1.29, 1.82) is 0 Å². The molecule has 0 saturated heterocycles. The van der Waals surface area contributed by atoms with Gasteiger partial charge >= 0.3 is 0 Å². The first kappa shape index (κ1) is 14.2. The van der Waals surface area contributed by atoms with Crippen LogP contribution in [0.2, 0.25) is 0 Å². The van der Waals surface area contributed by atoms with E-state index in [1.165, 1.54) is 0 Å². The lowest BCUT2D eigenvalue weighted by Gasteiger charge is -2.08. The van der Waals surface area contributed by atoms with Crippen LogP contribution < -0.4 is 10.1 Å². The predicted octanol–water partition coefficient (Wildman–Crippen LogP) is 3.77. The van der Waals surface area contributed by atoms with E-state index in [-0.39, 0.29) is 5.69 Å². The van der Waals surface area contributed by atoms with Gasteiger partial charge < -0.3 is 10.1 Å². The van der Waals surface area contributed by atoms with E-state index in [0.29, 0.717) is 13.0 Å². The van der Waals surface area contributed by atoms with Gasteiger partial charge in [-0.3, -0.25) is 0 Å². The predicted molar refractivity (Wildman–Crippen MR) is 71.5 cm³/mol. The number of nitrogens with one attached hydrogen (secondary N) is 1. The number of benzene rings is 2. The van der Waals surface area contributed by atoms with E-state index in [2.05, 4.69) is 5.32 Å². The van der Waals surface area contributed by atoms with Gasteiger partial charge in [0, 0.05) is 24.4 Å². The maximum absolute atomic E-state index is 13.0. The van der Waals surface area contributed by atoms with Crippen molar-refractivity contribution in [2.75, 3.05) is 19.0 Å². The van der Waals surface area contributed by atoms with Crippen LogP contribution in [-0.4, -0.2) is 13.7 Å². The van der Waals surface area contributed by atoms with Crippen molar-refractivity contribution in [3.05, 3.63) is 59.4 Å². The molecule has 106 valence electrons. The molecule has 0 saturated carbocycles. The Bertz CT molecular complexity index is 561. The minimum Gasteiger partial charge on any atom is -0.497 e. The van der Waals surface area contributed by atoms with Crippen LogP contribution in [0.3, 0.4) is 0 Å². The standard InChI is InChI=1S/C15H14F3NO/c1-20-12-4-2-10(3-5-12)6-7-19-11-8-13(16)15(18)14(17)9-11/h2-5,8-9,19H,6-7H2,1H3. The summed E-state index contributed by atoms with van der Waals surface area (Å²) in [4.78, 5) is 0. The molecule has 0 aliphatic heterocycles. The second-order valence-electron chi connectivity index (χ2n) is 4.28. The fraction of sp³-hybridized carbons (Fsp3) is 0.200. The molecule has 0 spiro atoms. The highest BCUT2D eigenvalue weighted by atomic mass is 19.2. The van der Waals surface area contributed by atoms with Gasteiger partial charge in [-0.05, 0) is 24.1 Å². The molecular formula is C15H14F3NO. The van der Waals surface area contributed by atoms with E-state index in [0.717, 1.165) is 23.4 Å². The van der Waals surface area contributed by atoms with E-state index in [9.17, 15) is 13.2 Å². The van der Waals surface area contributed by atoms with Crippen LogP contribution in [0.1, 0.15) is 5.56 Å². The molecule has 0 aliphatic rings. The van der Waals surface area contributed by atoms with Crippen LogP contribution >= 0.6 is 0 Å². The lowest BCUT2D eigenvalue weighted by Crippen LogP contribution is -2.06. The Morgan fingerprint density at radius 2 is 1.60 bits per heavy atom. The van der Waals surface area contributed by atoms with E-state index >= 15 is 0 Å². The van der Waals surface area contributed by atoms with Crippen molar-refractivity contribution in [3.8, 4) is 5.75 Å². The van der Waals surface area contributed by atoms with Gasteiger partial charge in [-0.1, -0.05) is 12.1 Å². The largest absolute Gasteiger partial charge is 0.497 e. The normalized spacial score (nSPS) is 10.4. The Kier molecular flexibility index (Phi) is 4.50. The third-order valence-corrected chi connectivity index (χ3v) is 2.89. The molecule has 5 heteroatoms. The van der Waals surface area contributed by atoms with Gasteiger partial charge in [0.15, 0.2) is 17.5 Å². The summed E-state index contributed by atoms with van der Waals surface area (Å²) in [5, 5.41) is 2.85. The molecule has 2 nitrogen and oxygen atoms in total. The highest BCUT2D eigenvalue weighted by molar-refractivity contribution is 5.44. The van der Waals surface area contributed by atoms with Gasteiger partial charge in [-0.25, -0.2) is 13.2 Å². The Labute approximate surface area is 115 Å². The highest BCUT2D eigenvalue weighted by Crippen LogP contribution is 2.17. The van der Waals surface area contributed by atoms with Crippen molar-refractivity contribution in [1.82, 2.24) is 0 Å². The molecule has 0 heterocycles. The smallest absolute Gasteiger partial charge is 0.194 e. The molecule has 0 unspecified atom stereocenters. The monoisotopic (exact) mass is 281 g/mol. The highest BCUT2D eigenvalue weighted by Gasteiger charge is 2.09. The summed E-state index contributed by atoms with van der Waals surface area (Å²) in [6.07, 6.45) is 0.671. The van der Waals surface area contributed by atoms with Crippen molar-refractivity contribution in [2.45, 2.75) is 6.42 Å². The van der Waals surface area contributed by atoms with Gasteiger partial charge in [0.25, 0.3) is 0 Å². The SMILES string of the molecule is COc1ccc(CCNc2cc(F)c(F)c(F)c2)cc1. The third-order valence-electron chi connectivity index (χ3n) is 2.89. The van der Waals surface area contributed by atoms with Crippen molar-refractivity contribution in [2.24, 2.45) is 0 Å². The number of ether oxygens (including phenoxy) is 1. The molecule has 0 atom stereocenters. The summed E-state index contributed by atoms with van der Waals surface area (Å²) in [5.74, 6) is -3.08. The fourth-order valence-electron chi connectivity index (χ4n) is 1.80. The Morgan fingerprint density at radius 1 is 1.00 bits per heavy atom. The average Bonchev–Trinajstić information content (AvgIpc) is 2.45. The van der Waals surface area contributed by atoms with Crippen LogP contribution in [0.25, 0.3) is 0 Å². The molecule has 0 fully saturated rings. The summed E-state index contributed by atoms with van der Waals surface area (Å²) in [5.41, 5.74) is 1.27. The Balaban J connectivity index is 1.92. The molecule has 2 rings (SSSR count). The summed E-state index contributed by atoms with van der Waals surface area (Å²) >= 11 is 0. The van der Waals surface area contributed by atoms with Crippen LogP contribution in [0.4, 0.5) is 18.9 Å². The first-order valence-electron chi connectivity index (χ1n) is 6.11. The van der Waals surface area contributed by atoms with E-state index in [1.54, 1.807) is 7.11 Å². The molecule has 2 aromatic carbocycles. The third kappa shape index (κ3) is 3.44. The van der Waals surface area contributed by atoms with E-state index in [1.807, 2.05) is 24.3 Å². The summed E-state index contributed by atoms with van der Waals surface area (Å²) in [6.45, 7) is 0.483. The van der Waals surface area contributed by atoms with Crippen molar-refractivity contribution < 1.29 is 17.9 Å². The minimum absolute atomic E-state index is 0.218. The number of anilines is 1. The lowest BCUT2D eigenvalue weighted by atomic mass is 10.1. The molecule has 20 heavy (non-hydrogen) atoms. The molecule has 0 aromatic heterocycles. The first-order chi connectivity index (χ1) is 9.60. The lowest BCUT2D eigenvalue weighted by molar-refractivity contribution is 0.414. The maximum Gasteiger partial charge on any atom is 0.194 e. The topological polar surface area (TPSA) is 21.3 Å². The Hall–Kier alpha value is -2.17. The number of rotatable bonds is 5. The molecule has 0 amide bonds. The second kappa shape index (κ2) is 6.32. The van der Waals surface area contributed by atoms with Crippen LogP contribution in [0, 0.1) is 17.5 Å². The second-order valence-corrected chi connectivity index (χ2v) is 4.28. The first-order valence-corrected chi connectivity index (χ1v) is 6.11. The van der Waals surface area contributed by atoms with Crippen LogP contribution in [0.5, 0.6) is 5.75 Å². The molecule has 0 bridgehead atoms. The zero-order chi connectivity index (χ0) is 14.5. The fourth-order valence-corrected chi connectivity index (χ4v) is 1.80. The van der Waals surface area contributed by atoms with Crippen molar-refractivity contribution in [3.63, 3.8) is 0 Å². The van der Waals surface area contributed by atoms with Gasteiger partial charge in [0.1, 0.15) is 5.75 Å². The van der Waals surface area contributed by atoms with E-state index < -0.39 is 17.5 Å². The van der Waals surface area contributed by atoms with Gasteiger partial charge in [0.05, 0.1) is 7.11 Å². The summed E-state index contributed by atoms with van der Waals surface area (Å²) < 4.78 is 43.8. The van der Waals surface area contributed by atoms with Crippen LogP contribution in [-0.2, 0) is 6.42 Å². The molecule has 2 aromatic rings. The molecular weight excluding hydrogens is 267 g/mol. The van der Waals surface area contributed by atoms with Crippen LogP contribution in [0.15, 0.2) is 36.4 Å². The number of hydrogen-bond acceptors (Lipinski definition) is 2.